The Balaban J connectivity index is 2.04. The van der Waals surface area contributed by atoms with Crippen molar-refractivity contribution in [2.24, 2.45) is 0 Å². The molecule has 2 N–H and O–H groups in total. The predicted molar refractivity (Wildman–Crippen MR) is 93.9 cm³/mol. The zero-order chi connectivity index (χ0) is 15.8. The molecule has 22 heavy (non-hydrogen) atoms. The third-order valence-corrected chi connectivity index (χ3v) is 3.60. The van der Waals surface area contributed by atoms with E-state index >= 15 is 0 Å². The Labute approximate surface area is 133 Å². The van der Waals surface area contributed by atoms with Gasteiger partial charge in [0.05, 0.1) is 0 Å². The van der Waals surface area contributed by atoms with Gasteiger partial charge < -0.3 is 10.6 Å². The van der Waals surface area contributed by atoms with Gasteiger partial charge in [-0.15, -0.1) is 0 Å². The van der Waals surface area contributed by atoms with Gasteiger partial charge >= 0.3 is 0 Å². The molecular weight excluding hydrogens is 272 g/mol. The molecule has 4 heteroatoms. The minimum absolute atomic E-state index is 0.470. The fourth-order valence-corrected chi connectivity index (χ4v) is 2.37. The quantitative estimate of drug-likeness (QED) is 0.677. The SMILES string of the molecule is CCCCCNc1cc(Nc2ccccc2C(C)C)ncn1. The Morgan fingerprint density at radius 2 is 1.82 bits per heavy atom. The molecule has 0 unspecified atom stereocenters. The van der Waals surface area contributed by atoms with Crippen LogP contribution in [0.4, 0.5) is 17.3 Å². The van der Waals surface area contributed by atoms with Crippen LogP contribution in [0.2, 0.25) is 0 Å². The van der Waals surface area contributed by atoms with Crippen molar-refractivity contribution in [1.29, 1.82) is 0 Å². The molecular formula is C18H26N4. The van der Waals surface area contributed by atoms with Crippen LogP contribution in [0.25, 0.3) is 0 Å². The minimum Gasteiger partial charge on any atom is -0.370 e. The molecule has 4 nitrogen and oxygen atoms in total. The number of aromatic nitrogens is 2. The molecule has 0 saturated carbocycles. The van der Waals surface area contributed by atoms with E-state index in [1.165, 1.54) is 24.8 Å². The van der Waals surface area contributed by atoms with Gasteiger partial charge in [0.25, 0.3) is 0 Å². The normalized spacial score (nSPS) is 10.7. The van der Waals surface area contributed by atoms with E-state index in [9.17, 15) is 0 Å². The summed E-state index contributed by atoms with van der Waals surface area (Å²) in [5, 5.41) is 6.76. The number of anilines is 3. The van der Waals surface area contributed by atoms with Crippen LogP contribution in [0, 0.1) is 0 Å². The predicted octanol–water partition coefficient (Wildman–Crippen LogP) is 4.95. The van der Waals surface area contributed by atoms with Gasteiger partial charge in [-0.25, -0.2) is 9.97 Å². The van der Waals surface area contributed by atoms with Crippen molar-refractivity contribution in [3.63, 3.8) is 0 Å². The monoisotopic (exact) mass is 298 g/mol. The molecule has 0 fully saturated rings. The smallest absolute Gasteiger partial charge is 0.135 e. The van der Waals surface area contributed by atoms with Crippen molar-refractivity contribution in [2.75, 3.05) is 17.2 Å². The van der Waals surface area contributed by atoms with Crippen LogP contribution in [0.5, 0.6) is 0 Å². The first-order valence-corrected chi connectivity index (χ1v) is 8.12. The first-order chi connectivity index (χ1) is 10.7. The topological polar surface area (TPSA) is 49.8 Å². The van der Waals surface area contributed by atoms with Gasteiger partial charge in [-0.3, -0.25) is 0 Å². The molecule has 0 aliphatic heterocycles. The van der Waals surface area contributed by atoms with Crippen molar-refractivity contribution in [3.05, 3.63) is 42.2 Å². The summed E-state index contributed by atoms with van der Waals surface area (Å²) in [6.45, 7) is 7.55. The van der Waals surface area contributed by atoms with Gasteiger partial charge in [-0.05, 0) is 24.0 Å². The average Bonchev–Trinajstić information content (AvgIpc) is 2.52. The highest BCUT2D eigenvalue weighted by atomic mass is 15.1. The van der Waals surface area contributed by atoms with Crippen LogP contribution in [-0.4, -0.2) is 16.5 Å². The van der Waals surface area contributed by atoms with Gasteiger partial charge in [-0.1, -0.05) is 51.8 Å². The molecule has 0 saturated heterocycles. The van der Waals surface area contributed by atoms with Gasteiger partial charge in [0.1, 0.15) is 18.0 Å². The molecule has 0 radical (unpaired) electrons. The standard InChI is InChI=1S/C18H26N4/c1-4-5-8-11-19-17-12-18(21-13-20-17)22-16-10-7-6-9-15(16)14(2)3/h6-7,9-10,12-14H,4-5,8,11H2,1-3H3,(H2,19,20,21,22). The number of para-hydroxylation sites is 1. The summed E-state index contributed by atoms with van der Waals surface area (Å²) in [5.41, 5.74) is 2.40. The third kappa shape index (κ3) is 4.72. The van der Waals surface area contributed by atoms with E-state index < -0.39 is 0 Å². The van der Waals surface area contributed by atoms with E-state index in [0.717, 1.165) is 23.9 Å². The number of nitrogens with one attached hydrogen (secondary N) is 2. The highest BCUT2D eigenvalue weighted by molar-refractivity contribution is 5.63. The Morgan fingerprint density at radius 1 is 1.05 bits per heavy atom. The Kier molecular flexibility index (Phi) is 6.19. The molecule has 0 aliphatic carbocycles. The van der Waals surface area contributed by atoms with Crippen molar-refractivity contribution in [3.8, 4) is 0 Å². The van der Waals surface area contributed by atoms with E-state index in [-0.39, 0.29) is 0 Å². The number of nitrogens with zero attached hydrogens (tertiary/aromatic N) is 2. The second-order valence-electron chi connectivity index (χ2n) is 5.79. The van der Waals surface area contributed by atoms with Crippen LogP contribution in [0.15, 0.2) is 36.7 Å². The molecule has 0 amide bonds. The van der Waals surface area contributed by atoms with Gasteiger partial charge in [0.2, 0.25) is 0 Å². The van der Waals surface area contributed by atoms with Crippen LogP contribution in [0.1, 0.15) is 51.5 Å². The fourth-order valence-electron chi connectivity index (χ4n) is 2.37. The second kappa shape index (κ2) is 8.37. The maximum absolute atomic E-state index is 4.32. The van der Waals surface area contributed by atoms with E-state index in [1.54, 1.807) is 6.33 Å². The number of hydrogen-bond acceptors (Lipinski definition) is 4. The molecule has 2 aromatic rings. The summed E-state index contributed by atoms with van der Waals surface area (Å²) in [6.07, 6.45) is 5.23. The Hall–Kier alpha value is -2.10. The van der Waals surface area contributed by atoms with E-state index in [2.05, 4.69) is 59.6 Å². The molecule has 1 heterocycles. The molecule has 1 aromatic heterocycles. The zero-order valence-electron chi connectivity index (χ0n) is 13.8. The molecule has 0 bridgehead atoms. The highest BCUT2D eigenvalue weighted by Crippen LogP contribution is 2.26. The number of benzene rings is 1. The summed E-state index contributed by atoms with van der Waals surface area (Å²) in [7, 11) is 0. The summed E-state index contributed by atoms with van der Waals surface area (Å²) in [4.78, 5) is 8.59. The summed E-state index contributed by atoms with van der Waals surface area (Å²) in [5.74, 6) is 2.16. The van der Waals surface area contributed by atoms with Crippen molar-refractivity contribution >= 4 is 17.3 Å². The maximum Gasteiger partial charge on any atom is 0.135 e. The van der Waals surface area contributed by atoms with Crippen molar-refractivity contribution in [2.45, 2.75) is 46.0 Å². The largest absolute Gasteiger partial charge is 0.370 e. The van der Waals surface area contributed by atoms with E-state index in [4.69, 9.17) is 0 Å². The first kappa shape index (κ1) is 16.3. The minimum atomic E-state index is 0.470. The van der Waals surface area contributed by atoms with Gasteiger partial charge in [0, 0.05) is 18.3 Å². The van der Waals surface area contributed by atoms with Crippen molar-refractivity contribution in [1.82, 2.24) is 9.97 Å². The molecule has 118 valence electrons. The van der Waals surface area contributed by atoms with Crippen LogP contribution < -0.4 is 10.6 Å². The summed E-state index contributed by atoms with van der Waals surface area (Å²) < 4.78 is 0. The maximum atomic E-state index is 4.32. The average molecular weight is 298 g/mol. The van der Waals surface area contributed by atoms with Crippen LogP contribution in [0.3, 0.4) is 0 Å². The third-order valence-electron chi connectivity index (χ3n) is 3.60. The zero-order valence-corrected chi connectivity index (χ0v) is 13.8. The molecule has 2 rings (SSSR count). The summed E-state index contributed by atoms with van der Waals surface area (Å²) >= 11 is 0. The molecule has 0 spiro atoms. The Morgan fingerprint density at radius 3 is 2.59 bits per heavy atom. The summed E-state index contributed by atoms with van der Waals surface area (Å²) in [6, 6.07) is 10.3. The molecule has 1 aromatic carbocycles. The Bertz CT molecular complexity index is 581. The lowest BCUT2D eigenvalue weighted by Crippen LogP contribution is -2.05. The van der Waals surface area contributed by atoms with Crippen LogP contribution in [-0.2, 0) is 0 Å². The van der Waals surface area contributed by atoms with E-state index in [1.807, 2.05) is 12.1 Å². The second-order valence-corrected chi connectivity index (χ2v) is 5.79. The number of unbranched alkanes of at least 4 members (excludes halogenated alkanes) is 2. The lowest BCUT2D eigenvalue weighted by Gasteiger charge is -2.14. The van der Waals surface area contributed by atoms with Gasteiger partial charge in [-0.2, -0.15) is 0 Å². The van der Waals surface area contributed by atoms with Crippen molar-refractivity contribution < 1.29 is 0 Å². The lowest BCUT2D eigenvalue weighted by molar-refractivity contribution is 0.742. The highest BCUT2D eigenvalue weighted by Gasteiger charge is 2.07. The van der Waals surface area contributed by atoms with Crippen LogP contribution >= 0.6 is 0 Å². The first-order valence-electron chi connectivity index (χ1n) is 8.12. The lowest BCUT2D eigenvalue weighted by atomic mass is 10.0. The number of hydrogen-bond donors (Lipinski definition) is 2. The van der Waals surface area contributed by atoms with Gasteiger partial charge in [0.15, 0.2) is 0 Å². The number of rotatable bonds is 8. The molecule has 0 atom stereocenters. The van der Waals surface area contributed by atoms with E-state index in [0.29, 0.717) is 5.92 Å². The molecule has 0 aliphatic rings. The fraction of sp³-hybridized carbons (Fsp3) is 0.444.